The van der Waals surface area contributed by atoms with Crippen LogP contribution >= 0.6 is 0 Å². The van der Waals surface area contributed by atoms with Crippen LogP contribution in [0, 0.1) is 12.7 Å². The molecule has 0 unspecified atom stereocenters. The molecular formula is C20H19FN2O2. The van der Waals surface area contributed by atoms with Crippen molar-refractivity contribution in [1.82, 2.24) is 5.32 Å². The molecule has 2 amide bonds. The summed E-state index contributed by atoms with van der Waals surface area (Å²) in [6, 6.07) is 11.6. The molecule has 0 atom stereocenters. The monoisotopic (exact) mass is 338 g/mol. The maximum atomic E-state index is 13.1. The average molecular weight is 338 g/mol. The van der Waals surface area contributed by atoms with Crippen LogP contribution in [0.25, 0.3) is 6.08 Å². The minimum absolute atomic E-state index is 0.0671. The molecule has 0 radical (unpaired) electrons. The molecule has 1 saturated carbocycles. The number of aryl methyl sites for hydroxylation is 1. The quantitative estimate of drug-likeness (QED) is 0.817. The maximum Gasteiger partial charge on any atom is 0.251 e. The van der Waals surface area contributed by atoms with Crippen molar-refractivity contribution in [3.8, 4) is 0 Å². The van der Waals surface area contributed by atoms with Crippen molar-refractivity contribution in [2.45, 2.75) is 25.8 Å². The van der Waals surface area contributed by atoms with Crippen molar-refractivity contribution in [3.63, 3.8) is 0 Å². The number of benzene rings is 2. The fourth-order valence-electron chi connectivity index (χ4n) is 2.36. The number of hydrogen-bond donors (Lipinski definition) is 2. The molecule has 4 nitrogen and oxygen atoms in total. The highest BCUT2D eigenvalue weighted by Gasteiger charge is 2.23. The zero-order valence-corrected chi connectivity index (χ0v) is 13.9. The minimum Gasteiger partial charge on any atom is -0.349 e. The zero-order valence-electron chi connectivity index (χ0n) is 13.9. The first-order valence-corrected chi connectivity index (χ1v) is 8.17. The van der Waals surface area contributed by atoms with Crippen LogP contribution in [-0.2, 0) is 4.79 Å². The molecule has 3 rings (SSSR count). The van der Waals surface area contributed by atoms with E-state index in [2.05, 4.69) is 10.6 Å². The van der Waals surface area contributed by atoms with Crippen LogP contribution in [0.3, 0.4) is 0 Å². The van der Waals surface area contributed by atoms with Gasteiger partial charge in [0.1, 0.15) is 5.82 Å². The lowest BCUT2D eigenvalue weighted by molar-refractivity contribution is -0.111. The SMILES string of the molecule is Cc1cc(F)ccc1NC(=O)/C=C/c1ccc(C(=O)NC2CC2)cc1. The van der Waals surface area contributed by atoms with E-state index in [0.29, 0.717) is 22.9 Å². The van der Waals surface area contributed by atoms with Gasteiger partial charge in [-0.3, -0.25) is 9.59 Å². The van der Waals surface area contributed by atoms with Gasteiger partial charge in [-0.1, -0.05) is 12.1 Å². The summed E-state index contributed by atoms with van der Waals surface area (Å²) in [4.78, 5) is 23.9. The van der Waals surface area contributed by atoms with Crippen LogP contribution < -0.4 is 10.6 Å². The molecule has 0 spiro atoms. The second kappa shape index (κ2) is 7.30. The zero-order chi connectivity index (χ0) is 17.8. The highest BCUT2D eigenvalue weighted by Crippen LogP contribution is 2.19. The number of hydrogen-bond acceptors (Lipinski definition) is 2. The van der Waals surface area contributed by atoms with Crippen molar-refractivity contribution < 1.29 is 14.0 Å². The van der Waals surface area contributed by atoms with Gasteiger partial charge in [0.15, 0.2) is 0 Å². The minimum atomic E-state index is -0.336. The van der Waals surface area contributed by atoms with Gasteiger partial charge < -0.3 is 10.6 Å². The molecule has 5 heteroatoms. The van der Waals surface area contributed by atoms with Crippen LogP contribution in [0.4, 0.5) is 10.1 Å². The van der Waals surface area contributed by atoms with Crippen molar-refractivity contribution in [2.24, 2.45) is 0 Å². The van der Waals surface area contributed by atoms with E-state index >= 15 is 0 Å². The first-order chi connectivity index (χ1) is 12.0. The predicted octanol–water partition coefficient (Wildman–Crippen LogP) is 3.68. The first kappa shape index (κ1) is 16.9. The number of anilines is 1. The maximum absolute atomic E-state index is 13.1. The summed E-state index contributed by atoms with van der Waals surface area (Å²) in [6.07, 6.45) is 5.17. The van der Waals surface area contributed by atoms with Gasteiger partial charge in [0.25, 0.3) is 5.91 Å². The number of carbonyl (C=O) groups is 2. The molecule has 2 aromatic rings. The molecule has 0 saturated heterocycles. The number of halogens is 1. The Bertz CT molecular complexity index is 824. The Kier molecular flexibility index (Phi) is 4.93. The van der Waals surface area contributed by atoms with Gasteiger partial charge in [-0.25, -0.2) is 4.39 Å². The van der Waals surface area contributed by atoms with E-state index in [1.165, 1.54) is 24.3 Å². The highest BCUT2D eigenvalue weighted by atomic mass is 19.1. The summed E-state index contributed by atoms with van der Waals surface area (Å²) in [7, 11) is 0. The number of amides is 2. The van der Waals surface area contributed by atoms with E-state index in [9.17, 15) is 14.0 Å². The Morgan fingerprint density at radius 2 is 1.84 bits per heavy atom. The van der Waals surface area contributed by atoms with Gasteiger partial charge in [0, 0.05) is 23.4 Å². The second-order valence-corrected chi connectivity index (χ2v) is 6.15. The Morgan fingerprint density at radius 1 is 1.12 bits per heavy atom. The summed E-state index contributed by atoms with van der Waals surface area (Å²) in [5, 5.41) is 5.64. The Balaban J connectivity index is 1.58. The number of nitrogens with one attached hydrogen (secondary N) is 2. The summed E-state index contributed by atoms with van der Waals surface area (Å²) >= 11 is 0. The lowest BCUT2D eigenvalue weighted by atomic mass is 10.1. The summed E-state index contributed by atoms with van der Waals surface area (Å²) in [5.74, 6) is -0.704. The van der Waals surface area contributed by atoms with Gasteiger partial charge in [-0.15, -0.1) is 0 Å². The van der Waals surface area contributed by atoms with Crippen LogP contribution in [0.15, 0.2) is 48.5 Å². The average Bonchev–Trinajstić information content (AvgIpc) is 3.40. The van der Waals surface area contributed by atoms with Crippen LogP contribution in [0.2, 0.25) is 0 Å². The van der Waals surface area contributed by atoms with E-state index in [-0.39, 0.29) is 17.6 Å². The van der Waals surface area contributed by atoms with E-state index in [1.807, 2.05) is 0 Å². The normalized spacial score (nSPS) is 13.7. The highest BCUT2D eigenvalue weighted by molar-refractivity contribution is 6.02. The van der Waals surface area contributed by atoms with Crippen LogP contribution in [0.1, 0.15) is 34.3 Å². The third kappa shape index (κ3) is 4.76. The summed E-state index contributed by atoms with van der Waals surface area (Å²) < 4.78 is 13.1. The molecule has 0 aromatic heterocycles. The molecule has 128 valence electrons. The van der Waals surface area contributed by atoms with Crippen molar-refractivity contribution in [1.29, 1.82) is 0 Å². The van der Waals surface area contributed by atoms with Crippen LogP contribution in [-0.4, -0.2) is 17.9 Å². The standard InChI is InChI=1S/C20H19FN2O2/c1-13-12-16(21)7-10-18(13)23-19(24)11-4-14-2-5-15(6-3-14)20(25)22-17-8-9-17/h2-7,10-12,17H,8-9H2,1H3,(H,22,25)(H,23,24)/b11-4+. The molecule has 25 heavy (non-hydrogen) atoms. The molecule has 0 heterocycles. The van der Waals surface area contributed by atoms with Gasteiger partial charge in [0.2, 0.25) is 5.91 Å². The van der Waals surface area contributed by atoms with E-state index in [1.54, 1.807) is 37.3 Å². The first-order valence-electron chi connectivity index (χ1n) is 8.17. The van der Waals surface area contributed by atoms with Gasteiger partial charge in [0.05, 0.1) is 0 Å². The van der Waals surface area contributed by atoms with Crippen molar-refractivity contribution >= 4 is 23.6 Å². The molecule has 0 bridgehead atoms. The van der Waals surface area contributed by atoms with E-state index < -0.39 is 0 Å². The smallest absolute Gasteiger partial charge is 0.251 e. The fraction of sp³-hybridized carbons (Fsp3) is 0.200. The lowest BCUT2D eigenvalue weighted by Gasteiger charge is -2.06. The lowest BCUT2D eigenvalue weighted by Crippen LogP contribution is -2.25. The molecule has 2 aromatic carbocycles. The van der Waals surface area contributed by atoms with Crippen molar-refractivity contribution in [3.05, 3.63) is 71.0 Å². The third-order valence-electron chi connectivity index (χ3n) is 3.96. The molecule has 1 aliphatic rings. The topological polar surface area (TPSA) is 58.2 Å². The van der Waals surface area contributed by atoms with Gasteiger partial charge >= 0.3 is 0 Å². The summed E-state index contributed by atoms with van der Waals surface area (Å²) in [6.45, 7) is 1.73. The van der Waals surface area contributed by atoms with E-state index in [4.69, 9.17) is 0 Å². The molecule has 1 aliphatic carbocycles. The Morgan fingerprint density at radius 3 is 2.48 bits per heavy atom. The van der Waals surface area contributed by atoms with Gasteiger partial charge in [-0.05, 0) is 67.3 Å². The second-order valence-electron chi connectivity index (χ2n) is 6.15. The van der Waals surface area contributed by atoms with Crippen LogP contribution in [0.5, 0.6) is 0 Å². The fourth-order valence-corrected chi connectivity index (χ4v) is 2.36. The Hall–Kier alpha value is -2.95. The molecule has 0 aliphatic heterocycles. The largest absolute Gasteiger partial charge is 0.349 e. The molecule has 1 fully saturated rings. The van der Waals surface area contributed by atoms with Crippen molar-refractivity contribution in [2.75, 3.05) is 5.32 Å². The molecule has 2 N–H and O–H groups in total. The third-order valence-corrected chi connectivity index (χ3v) is 3.96. The summed E-state index contributed by atoms with van der Waals surface area (Å²) in [5.41, 5.74) is 2.65. The number of carbonyl (C=O) groups excluding carboxylic acids is 2. The molecular weight excluding hydrogens is 319 g/mol. The van der Waals surface area contributed by atoms with E-state index in [0.717, 1.165) is 18.4 Å². The number of rotatable bonds is 5. The predicted molar refractivity (Wildman–Crippen MR) is 95.7 cm³/mol. The Labute approximate surface area is 145 Å². The van der Waals surface area contributed by atoms with Gasteiger partial charge in [-0.2, -0.15) is 0 Å².